The Labute approximate surface area is 126 Å². The van der Waals surface area contributed by atoms with Crippen LogP contribution in [-0.4, -0.2) is 15.5 Å². The van der Waals surface area contributed by atoms with Crippen molar-refractivity contribution < 1.29 is 8.42 Å². The number of halogens is 1. The van der Waals surface area contributed by atoms with Gasteiger partial charge >= 0.3 is 0 Å². The van der Waals surface area contributed by atoms with Gasteiger partial charge in [0.15, 0.2) is 0 Å². The van der Waals surface area contributed by atoms with Gasteiger partial charge in [0.1, 0.15) is 0 Å². The summed E-state index contributed by atoms with van der Waals surface area (Å²) in [7, 11) is -2.12. The SMILES string of the molecule is CNS(=O)(=O)c1ccc(Nc2ccc(Br)cc2)c(N)c1. The highest BCUT2D eigenvalue weighted by atomic mass is 79.9. The number of rotatable bonds is 4. The zero-order valence-electron chi connectivity index (χ0n) is 10.7. The summed E-state index contributed by atoms with van der Waals surface area (Å²) in [5, 5.41) is 3.14. The molecule has 4 N–H and O–H groups in total. The van der Waals surface area contributed by atoms with E-state index in [-0.39, 0.29) is 4.90 Å². The summed E-state index contributed by atoms with van der Waals surface area (Å²) in [6.07, 6.45) is 0. The van der Waals surface area contributed by atoms with Gasteiger partial charge in [0.25, 0.3) is 0 Å². The maximum absolute atomic E-state index is 11.7. The topological polar surface area (TPSA) is 84.2 Å². The Kier molecular flexibility index (Phi) is 4.32. The third-order valence-electron chi connectivity index (χ3n) is 2.73. The van der Waals surface area contributed by atoms with Gasteiger partial charge in [-0.1, -0.05) is 15.9 Å². The molecule has 7 heteroatoms. The molecule has 0 bridgehead atoms. The van der Waals surface area contributed by atoms with Crippen LogP contribution in [0, 0.1) is 0 Å². The Morgan fingerprint density at radius 2 is 1.75 bits per heavy atom. The van der Waals surface area contributed by atoms with Crippen LogP contribution in [0.25, 0.3) is 0 Å². The van der Waals surface area contributed by atoms with Crippen molar-refractivity contribution in [2.45, 2.75) is 4.90 Å². The average Bonchev–Trinajstić information content (AvgIpc) is 2.43. The second-order valence-corrected chi connectivity index (χ2v) is 6.89. The Hall–Kier alpha value is -1.57. The van der Waals surface area contributed by atoms with E-state index in [0.29, 0.717) is 11.4 Å². The van der Waals surface area contributed by atoms with E-state index >= 15 is 0 Å². The lowest BCUT2D eigenvalue weighted by Gasteiger charge is -2.11. The summed E-state index contributed by atoms with van der Waals surface area (Å²) in [6, 6.07) is 12.2. The molecule has 2 aromatic rings. The van der Waals surface area contributed by atoms with Crippen LogP contribution in [0.3, 0.4) is 0 Å². The molecule has 2 aromatic carbocycles. The number of nitrogens with one attached hydrogen (secondary N) is 2. The minimum absolute atomic E-state index is 0.138. The zero-order chi connectivity index (χ0) is 14.8. The summed E-state index contributed by atoms with van der Waals surface area (Å²) < 4.78 is 26.6. The highest BCUT2D eigenvalue weighted by molar-refractivity contribution is 9.10. The van der Waals surface area contributed by atoms with Crippen LogP contribution in [0.1, 0.15) is 0 Å². The third kappa shape index (κ3) is 3.30. The molecule has 0 saturated carbocycles. The van der Waals surface area contributed by atoms with Crippen molar-refractivity contribution in [3.8, 4) is 0 Å². The van der Waals surface area contributed by atoms with E-state index in [1.165, 1.54) is 19.2 Å². The molecule has 0 aromatic heterocycles. The van der Waals surface area contributed by atoms with Gasteiger partial charge in [0.05, 0.1) is 16.3 Å². The molecule has 0 aliphatic rings. The second kappa shape index (κ2) is 5.82. The first-order valence-corrected chi connectivity index (χ1v) is 8.05. The standard InChI is InChI=1S/C13H14BrN3O2S/c1-16-20(18,19)11-6-7-13(12(15)8-11)17-10-4-2-9(14)3-5-10/h2-8,16-17H,15H2,1H3. The smallest absolute Gasteiger partial charge is 0.240 e. The van der Waals surface area contributed by atoms with E-state index in [0.717, 1.165) is 10.2 Å². The van der Waals surface area contributed by atoms with Gasteiger partial charge in [0.2, 0.25) is 10.0 Å². The first-order valence-electron chi connectivity index (χ1n) is 5.78. The Morgan fingerprint density at radius 1 is 1.10 bits per heavy atom. The van der Waals surface area contributed by atoms with Crippen LogP contribution < -0.4 is 15.8 Å². The van der Waals surface area contributed by atoms with Gasteiger partial charge in [-0.3, -0.25) is 0 Å². The fourth-order valence-electron chi connectivity index (χ4n) is 1.63. The summed E-state index contributed by atoms with van der Waals surface area (Å²) in [5.74, 6) is 0. The highest BCUT2D eigenvalue weighted by Crippen LogP contribution is 2.26. The maximum Gasteiger partial charge on any atom is 0.240 e. The zero-order valence-corrected chi connectivity index (χ0v) is 13.1. The number of sulfonamides is 1. The van der Waals surface area contributed by atoms with Crippen molar-refractivity contribution in [3.63, 3.8) is 0 Å². The van der Waals surface area contributed by atoms with Crippen LogP contribution in [0.4, 0.5) is 17.1 Å². The molecule has 0 unspecified atom stereocenters. The van der Waals surface area contributed by atoms with Gasteiger partial charge in [-0.05, 0) is 49.5 Å². The fraction of sp³-hybridized carbons (Fsp3) is 0.0769. The largest absolute Gasteiger partial charge is 0.397 e. The Balaban J connectivity index is 2.29. The summed E-state index contributed by atoms with van der Waals surface area (Å²) >= 11 is 3.36. The lowest BCUT2D eigenvalue weighted by molar-refractivity contribution is 0.588. The normalized spacial score (nSPS) is 11.3. The summed E-state index contributed by atoms with van der Waals surface area (Å²) in [4.78, 5) is 0.138. The van der Waals surface area contributed by atoms with Crippen molar-refractivity contribution in [3.05, 3.63) is 46.9 Å². The lowest BCUT2D eigenvalue weighted by Crippen LogP contribution is -2.18. The van der Waals surface area contributed by atoms with Crippen molar-refractivity contribution in [2.75, 3.05) is 18.1 Å². The molecule has 20 heavy (non-hydrogen) atoms. The fourth-order valence-corrected chi connectivity index (χ4v) is 2.66. The van der Waals surface area contributed by atoms with E-state index in [2.05, 4.69) is 26.0 Å². The monoisotopic (exact) mass is 355 g/mol. The molecule has 0 atom stereocenters. The Bertz CT molecular complexity index is 715. The minimum Gasteiger partial charge on any atom is -0.397 e. The van der Waals surface area contributed by atoms with Crippen LogP contribution in [0.5, 0.6) is 0 Å². The van der Waals surface area contributed by atoms with Crippen molar-refractivity contribution in [1.29, 1.82) is 0 Å². The van der Waals surface area contributed by atoms with E-state index in [1.54, 1.807) is 6.07 Å². The van der Waals surface area contributed by atoms with E-state index in [4.69, 9.17) is 5.73 Å². The molecular weight excluding hydrogens is 342 g/mol. The van der Waals surface area contributed by atoms with Crippen molar-refractivity contribution in [1.82, 2.24) is 4.72 Å². The number of hydrogen-bond acceptors (Lipinski definition) is 4. The third-order valence-corrected chi connectivity index (χ3v) is 4.67. The molecule has 0 aliphatic heterocycles. The second-order valence-electron chi connectivity index (χ2n) is 4.09. The predicted octanol–water partition coefficient (Wildman–Crippen LogP) is 2.68. The van der Waals surface area contributed by atoms with Crippen LogP contribution in [0.2, 0.25) is 0 Å². The van der Waals surface area contributed by atoms with Gasteiger partial charge in [0, 0.05) is 10.2 Å². The quantitative estimate of drug-likeness (QED) is 0.736. The van der Waals surface area contributed by atoms with E-state index in [9.17, 15) is 8.42 Å². The first kappa shape index (κ1) is 14.8. The highest BCUT2D eigenvalue weighted by Gasteiger charge is 2.12. The number of nitrogen functional groups attached to an aromatic ring is 1. The molecule has 0 spiro atoms. The van der Waals surface area contributed by atoms with Crippen molar-refractivity contribution >= 4 is 43.0 Å². The minimum atomic E-state index is -3.48. The molecule has 0 fully saturated rings. The number of anilines is 3. The molecule has 0 saturated heterocycles. The molecular formula is C13H14BrN3O2S. The lowest BCUT2D eigenvalue weighted by atomic mass is 10.2. The van der Waals surface area contributed by atoms with Crippen LogP contribution in [-0.2, 0) is 10.0 Å². The first-order chi connectivity index (χ1) is 9.42. The number of nitrogens with two attached hydrogens (primary N) is 1. The summed E-state index contributed by atoms with van der Waals surface area (Å²) in [6.45, 7) is 0. The van der Waals surface area contributed by atoms with Crippen LogP contribution in [0.15, 0.2) is 51.8 Å². The molecule has 106 valence electrons. The van der Waals surface area contributed by atoms with Gasteiger partial charge in [-0.2, -0.15) is 0 Å². The molecule has 0 amide bonds. The summed E-state index contributed by atoms with van der Waals surface area (Å²) in [5.41, 5.74) is 7.77. The molecule has 0 radical (unpaired) electrons. The average molecular weight is 356 g/mol. The van der Waals surface area contributed by atoms with Gasteiger partial charge < -0.3 is 11.1 Å². The van der Waals surface area contributed by atoms with E-state index in [1.807, 2.05) is 24.3 Å². The number of hydrogen-bond donors (Lipinski definition) is 3. The molecule has 0 heterocycles. The van der Waals surface area contributed by atoms with Gasteiger partial charge in [-0.15, -0.1) is 0 Å². The molecule has 0 aliphatic carbocycles. The molecule has 5 nitrogen and oxygen atoms in total. The van der Waals surface area contributed by atoms with E-state index < -0.39 is 10.0 Å². The van der Waals surface area contributed by atoms with Crippen LogP contribution >= 0.6 is 15.9 Å². The van der Waals surface area contributed by atoms with Gasteiger partial charge in [-0.25, -0.2) is 13.1 Å². The maximum atomic E-state index is 11.7. The molecule has 2 rings (SSSR count). The predicted molar refractivity (Wildman–Crippen MR) is 84.5 cm³/mol. The number of benzene rings is 2. The van der Waals surface area contributed by atoms with Crippen molar-refractivity contribution in [2.24, 2.45) is 0 Å². The Morgan fingerprint density at radius 3 is 2.30 bits per heavy atom.